The standard InChI is InChI=1S/C14H17FO.C14H19F.C10H15Cl.C10H22.C2H6/c1-4-5-6-10(2)12-7-8-13(11(3)16)14(15)9-12;1-5-6-11(4)14-9-12(15)7-8-13(14)10(2)3;1-5-10(11)7-6-9(4)8(2)3;1-4-6-7-9-10(3)8-5-2;1-2/h7-9H,2,4-6H2,1,3H3;6-10H,5H2,1-4H3;5-8H,1H2,2-4H3;10H,4-9H2,1-3H3;1-2H3/b;11-6-;9-6+,10-7+;;. The molecule has 2 rings (SSSR count). The van der Waals surface area contributed by atoms with Crippen LogP contribution >= 0.6 is 11.6 Å². The van der Waals surface area contributed by atoms with Crippen LogP contribution in [0.1, 0.15) is 194 Å². The highest BCUT2D eigenvalue weighted by Gasteiger charge is 2.10. The summed E-state index contributed by atoms with van der Waals surface area (Å²) in [7, 11) is 0. The molecule has 0 amide bonds. The number of halogens is 3. The maximum atomic E-state index is 13.5. The van der Waals surface area contributed by atoms with Gasteiger partial charge in [0.2, 0.25) is 0 Å². The topological polar surface area (TPSA) is 17.1 Å². The van der Waals surface area contributed by atoms with Crippen LogP contribution in [0.4, 0.5) is 8.78 Å². The monoisotopic (exact) mass is 769 g/mol. The summed E-state index contributed by atoms with van der Waals surface area (Å²) in [6, 6.07) is 9.76. The molecule has 0 aliphatic rings. The number of hydrogen-bond acceptors (Lipinski definition) is 1. The molecule has 1 nitrogen and oxygen atoms in total. The Kier molecular flexibility index (Phi) is 35.3. The van der Waals surface area contributed by atoms with Crippen LogP contribution in [0.15, 0.2) is 84.5 Å². The number of hydrogen-bond donors (Lipinski definition) is 0. The zero-order chi connectivity index (χ0) is 42.2. The Hall–Kier alpha value is -3.04. The van der Waals surface area contributed by atoms with Gasteiger partial charge < -0.3 is 0 Å². The first-order chi connectivity index (χ1) is 25.5. The molecule has 2 aromatic rings. The third-order valence-electron chi connectivity index (χ3n) is 8.85. The van der Waals surface area contributed by atoms with Gasteiger partial charge in [-0.05, 0) is 116 Å². The first kappa shape index (κ1) is 55.3. The van der Waals surface area contributed by atoms with E-state index in [-0.39, 0.29) is 17.2 Å². The molecule has 54 heavy (non-hydrogen) atoms. The summed E-state index contributed by atoms with van der Waals surface area (Å²) < 4.78 is 26.7. The van der Waals surface area contributed by atoms with Crippen molar-refractivity contribution in [3.63, 3.8) is 0 Å². The smallest absolute Gasteiger partial charge is 0.162 e. The predicted molar refractivity (Wildman–Crippen MR) is 242 cm³/mol. The largest absolute Gasteiger partial charge is 0.294 e. The molecule has 0 saturated carbocycles. The van der Waals surface area contributed by atoms with Crippen LogP contribution in [0, 0.1) is 23.5 Å². The molecule has 0 aliphatic heterocycles. The van der Waals surface area contributed by atoms with Gasteiger partial charge in [-0.2, -0.15) is 0 Å². The molecule has 0 saturated heterocycles. The second kappa shape index (κ2) is 34.5. The molecule has 0 bridgehead atoms. The highest BCUT2D eigenvalue weighted by molar-refractivity contribution is 6.31. The van der Waals surface area contributed by atoms with Crippen molar-refractivity contribution in [2.45, 2.75) is 167 Å². The maximum Gasteiger partial charge on any atom is 0.162 e. The van der Waals surface area contributed by atoms with Crippen molar-refractivity contribution >= 4 is 28.5 Å². The van der Waals surface area contributed by atoms with Crippen molar-refractivity contribution in [2.24, 2.45) is 11.8 Å². The number of benzene rings is 2. The van der Waals surface area contributed by atoms with Crippen LogP contribution in [-0.4, -0.2) is 5.78 Å². The van der Waals surface area contributed by atoms with Gasteiger partial charge in [-0.3, -0.25) is 4.79 Å². The van der Waals surface area contributed by atoms with Crippen LogP contribution in [0.2, 0.25) is 0 Å². The van der Waals surface area contributed by atoms with Gasteiger partial charge >= 0.3 is 0 Å². The average molecular weight is 770 g/mol. The minimum absolute atomic E-state index is 0.145. The second-order valence-electron chi connectivity index (χ2n) is 14.4. The summed E-state index contributed by atoms with van der Waals surface area (Å²) in [5, 5.41) is 0.685. The molecule has 0 heterocycles. The fraction of sp³-hybridized carbons (Fsp3) is 0.540. The normalized spacial score (nSPS) is 11.9. The average Bonchev–Trinajstić information content (AvgIpc) is 3.14. The van der Waals surface area contributed by atoms with Crippen LogP contribution < -0.4 is 0 Å². The van der Waals surface area contributed by atoms with E-state index in [1.807, 2.05) is 39.0 Å². The first-order valence-electron chi connectivity index (χ1n) is 20.6. The third kappa shape index (κ3) is 26.7. The van der Waals surface area contributed by atoms with Crippen molar-refractivity contribution in [3.05, 3.63) is 118 Å². The lowest BCUT2D eigenvalue weighted by Crippen LogP contribution is -1.97. The summed E-state index contributed by atoms with van der Waals surface area (Å²) in [4.78, 5) is 11.1. The van der Waals surface area contributed by atoms with E-state index in [1.165, 1.54) is 80.4 Å². The predicted octanol–water partition coefficient (Wildman–Crippen LogP) is 17.9. The fourth-order valence-electron chi connectivity index (χ4n) is 5.20. The number of rotatable bonds is 17. The molecule has 0 aromatic heterocycles. The van der Waals surface area contributed by atoms with E-state index in [9.17, 15) is 13.6 Å². The molecule has 1 unspecified atom stereocenters. The van der Waals surface area contributed by atoms with Crippen molar-refractivity contribution in [3.8, 4) is 0 Å². The van der Waals surface area contributed by atoms with E-state index in [0.29, 0.717) is 16.9 Å². The van der Waals surface area contributed by atoms with E-state index in [1.54, 1.807) is 18.2 Å². The minimum Gasteiger partial charge on any atom is -0.294 e. The van der Waals surface area contributed by atoms with Crippen molar-refractivity contribution in [1.82, 2.24) is 0 Å². The maximum absolute atomic E-state index is 13.5. The van der Waals surface area contributed by atoms with Crippen molar-refractivity contribution in [1.29, 1.82) is 0 Å². The second-order valence-corrected chi connectivity index (χ2v) is 14.8. The SMILES string of the molecule is C=C(CCCC)c1ccc(C(C)=O)c(F)c1.C=C/C(Cl)=C\C=C(/C)C(C)C.CC.CC/C=C(/C)c1cc(F)ccc1C(C)C.CCCCCC(C)CCC. The Labute approximate surface area is 338 Å². The molecule has 0 N–H and O–H groups in total. The third-order valence-corrected chi connectivity index (χ3v) is 9.13. The lowest BCUT2D eigenvalue weighted by Gasteiger charge is -2.13. The number of ketones is 1. The fourth-order valence-corrected chi connectivity index (χ4v) is 5.26. The van der Waals surface area contributed by atoms with Gasteiger partial charge in [0.15, 0.2) is 5.78 Å². The number of allylic oxidation sites excluding steroid dienone is 8. The highest BCUT2D eigenvalue weighted by atomic mass is 35.5. The van der Waals surface area contributed by atoms with Gasteiger partial charge in [0.1, 0.15) is 11.6 Å². The van der Waals surface area contributed by atoms with Crippen LogP contribution in [0.25, 0.3) is 11.1 Å². The van der Waals surface area contributed by atoms with Crippen LogP contribution in [0.5, 0.6) is 0 Å². The van der Waals surface area contributed by atoms with Gasteiger partial charge in [0.05, 0.1) is 5.56 Å². The van der Waals surface area contributed by atoms with Gasteiger partial charge in [0, 0.05) is 5.03 Å². The molecule has 0 aliphatic carbocycles. The number of unbranched alkanes of at least 4 members (excludes halogenated alkanes) is 3. The zero-order valence-electron chi connectivity index (χ0n) is 37.0. The molecular formula is C50H79ClF2O. The highest BCUT2D eigenvalue weighted by Crippen LogP contribution is 2.27. The molecule has 0 radical (unpaired) electrons. The van der Waals surface area contributed by atoms with Crippen molar-refractivity contribution < 1.29 is 13.6 Å². The summed E-state index contributed by atoms with van der Waals surface area (Å²) in [5.74, 6) is 1.13. The van der Waals surface area contributed by atoms with Gasteiger partial charge in [-0.15, -0.1) is 0 Å². The molecule has 1 atom stereocenters. The summed E-state index contributed by atoms with van der Waals surface area (Å²) in [5.41, 5.74) is 6.62. The Balaban J connectivity index is -0.000000644. The molecule has 306 valence electrons. The Morgan fingerprint density at radius 1 is 0.796 bits per heavy atom. The first-order valence-corrected chi connectivity index (χ1v) is 21.0. The molecular weight excluding hydrogens is 690 g/mol. The number of carbonyl (C=O) groups is 1. The van der Waals surface area contributed by atoms with Gasteiger partial charge in [0.25, 0.3) is 0 Å². The quantitative estimate of drug-likeness (QED) is 0.0890. The lowest BCUT2D eigenvalue weighted by molar-refractivity contribution is 0.101. The molecule has 4 heteroatoms. The van der Waals surface area contributed by atoms with Crippen molar-refractivity contribution in [2.75, 3.05) is 0 Å². The molecule has 0 fully saturated rings. The Morgan fingerprint density at radius 3 is 1.87 bits per heavy atom. The number of Topliss-reactive ketones (excluding diaryl/α,β-unsaturated/α-hetero) is 1. The lowest BCUT2D eigenvalue weighted by atomic mass is 9.92. The molecule has 0 spiro atoms. The van der Waals surface area contributed by atoms with E-state index in [4.69, 9.17) is 11.6 Å². The molecule has 2 aromatic carbocycles. The van der Waals surface area contributed by atoms with E-state index in [0.717, 1.165) is 48.3 Å². The van der Waals surface area contributed by atoms with E-state index in [2.05, 4.69) is 88.5 Å². The summed E-state index contributed by atoms with van der Waals surface area (Å²) in [6.07, 6.45) is 20.1. The Bertz CT molecular complexity index is 1410. The van der Waals surface area contributed by atoms with Gasteiger partial charge in [-0.1, -0.05) is 182 Å². The van der Waals surface area contributed by atoms with E-state index < -0.39 is 5.82 Å². The minimum atomic E-state index is -0.456. The van der Waals surface area contributed by atoms with E-state index >= 15 is 0 Å². The van der Waals surface area contributed by atoms with Gasteiger partial charge in [-0.25, -0.2) is 8.78 Å². The number of carbonyl (C=O) groups excluding carboxylic acids is 1. The summed E-state index contributed by atoms with van der Waals surface area (Å²) in [6.45, 7) is 36.7. The van der Waals surface area contributed by atoms with Crippen LogP contribution in [-0.2, 0) is 0 Å². The zero-order valence-corrected chi connectivity index (χ0v) is 37.8. The Morgan fingerprint density at radius 2 is 1.41 bits per heavy atom. The summed E-state index contributed by atoms with van der Waals surface area (Å²) >= 11 is 5.71. The van der Waals surface area contributed by atoms with Crippen LogP contribution in [0.3, 0.4) is 0 Å².